The fourth-order valence-corrected chi connectivity index (χ4v) is 1.08. The van der Waals surface area contributed by atoms with E-state index in [1.165, 1.54) is 11.9 Å². The lowest BCUT2D eigenvalue weighted by Crippen LogP contribution is -2.23. The molecule has 1 heterocycles. The first kappa shape index (κ1) is 9.80. The monoisotopic (exact) mass is 200 g/mol. The molecule has 13 heavy (non-hydrogen) atoms. The second-order valence-electron chi connectivity index (χ2n) is 2.63. The average Bonchev–Trinajstić information content (AvgIpc) is 2.04. The van der Waals surface area contributed by atoms with E-state index in [1.807, 2.05) is 0 Å². The van der Waals surface area contributed by atoms with Gasteiger partial charge in [0.05, 0.1) is 0 Å². The normalized spacial score (nSPS) is 9.69. The van der Waals surface area contributed by atoms with Gasteiger partial charge in [-0.3, -0.25) is 0 Å². The standard InChI is InChI=1S/C8H9ClN2O2/c1-11(8(12)13)5-6-2-3-10-7(9)4-6/h2-4H,5H2,1H3,(H,12,13). The molecular formula is C8H9ClN2O2. The lowest BCUT2D eigenvalue weighted by atomic mass is 10.2. The molecule has 0 aliphatic heterocycles. The predicted octanol–water partition coefficient (Wildman–Crippen LogP) is 1.84. The molecule has 70 valence electrons. The maximum atomic E-state index is 10.5. The van der Waals surface area contributed by atoms with E-state index in [1.54, 1.807) is 18.3 Å². The van der Waals surface area contributed by atoms with E-state index in [0.29, 0.717) is 11.7 Å². The van der Waals surface area contributed by atoms with Gasteiger partial charge in [0.1, 0.15) is 5.15 Å². The summed E-state index contributed by atoms with van der Waals surface area (Å²) in [6, 6.07) is 3.37. The Labute approximate surface area is 80.8 Å². The maximum absolute atomic E-state index is 10.5. The first-order valence-electron chi connectivity index (χ1n) is 3.64. The number of rotatable bonds is 2. The minimum atomic E-state index is -0.965. The van der Waals surface area contributed by atoms with Crippen LogP contribution in [0.2, 0.25) is 5.15 Å². The molecule has 1 aromatic heterocycles. The topological polar surface area (TPSA) is 53.4 Å². The molecule has 0 saturated heterocycles. The Hall–Kier alpha value is -1.29. The highest BCUT2D eigenvalue weighted by atomic mass is 35.5. The summed E-state index contributed by atoms with van der Waals surface area (Å²) >= 11 is 5.63. The van der Waals surface area contributed by atoms with E-state index >= 15 is 0 Å². The van der Waals surface area contributed by atoms with Crippen molar-refractivity contribution in [3.05, 3.63) is 29.0 Å². The van der Waals surface area contributed by atoms with Crippen molar-refractivity contribution in [3.63, 3.8) is 0 Å². The number of amides is 1. The van der Waals surface area contributed by atoms with Gasteiger partial charge in [-0.2, -0.15) is 0 Å². The zero-order valence-electron chi connectivity index (χ0n) is 7.07. The summed E-state index contributed by atoms with van der Waals surface area (Å²) in [4.78, 5) is 15.4. The number of hydrogen-bond acceptors (Lipinski definition) is 2. The lowest BCUT2D eigenvalue weighted by Gasteiger charge is -2.12. The Morgan fingerprint density at radius 1 is 1.77 bits per heavy atom. The number of carbonyl (C=O) groups is 1. The van der Waals surface area contributed by atoms with Crippen LogP contribution in [-0.4, -0.2) is 28.1 Å². The van der Waals surface area contributed by atoms with Gasteiger partial charge < -0.3 is 10.0 Å². The predicted molar refractivity (Wildman–Crippen MR) is 48.7 cm³/mol. The summed E-state index contributed by atoms with van der Waals surface area (Å²) in [5, 5.41) is 8.96. The third kappa shape index (κ3) is 2.91. The number of aromatic nitrogens is 1. The van der Waals surface area contributed by atoms with Crippen LogP contribution in [-0.2, 0) is 6.54 Å². The Balaban J connectivity index is 2.69. The minimum absolute atomic E-state index is 0.317. The molecule has 1 N–H and O–H groups in total. The number of carboxylic acid groups (broad SMARTS) is 1. The van der Waals surface area contributed by atoms with Gasteiger partial charge in [0, 0.05) is 19.8 Å². The quantitative estimate of drug-likeness (QED) is 0.742. The molecule has 0 aliphatic rings. The Bertz CT molecular complexity index is 317. The van der Waals surface area contributed by atoms with E-state index in [9.17, 15) is 4.79 Å². The zero-order chi connectivity index (χ0) is 9.84. The van der Waals surface area contributed by atoms with Gasteiger partial charge in [-0.25, -0.2) is 9.78 Å². The van der Waals surface area contributed by atoms with Crippen LogP contribution in [0.15, 0.2) is 18.3 Å². The van der Waals surface area contributed by atoms with E-state index < -0.39 is 6.09 Å². The smallest absolute Gasteiger partial charge is 0.407 e. The van der Waals surface area contributed by atoms with Gasteiger partial charge in [-0.15, -0.1) is 0 Å². The SMILES string of the molecule is CN(Cc1ccnc(Cl)c1)C(=O)O. The molecule has 4 nitrogen and oxygen atoms in total. The van der Waals surface area contributed by atoms with Crippen molar-refractivity contribution in [1.82, 2.24) is 9.88 Å². The molecule has 0 saturated carbocycles. The second kappa shape index (κ2) is 4.09. The summed E-state index contributed by atoms with van der Waals surface area (Å²) < 4.78 is 0. The van der Waals surface area contributed by atoms with Crippen molar-refractivity contribution in [2.75, 3.05) is 7.05 Å². The zero-order valence-corrected chi connectivity index (χ0v) is 7.82. The summed E-state index contributed by atoms with van der Waals surface area (Å²) in [7, 11) is 1.50. The molecule has 0 radical (unpaired) electrons. The molecule has 1 aromatic rings. The van der Waals surface area contributed by atoms with Crippen molar-refractivity contribution < 1.29 is 9.90 Å². The van der Waals surface area contributed by atoms with Gasteiger partial charge in [0.15, 0.2) is 0 Å². The molecule has 0 atom stereocenters. The largest absolute Gasteiger partial charge is 0.465 e. The first-order valence-corrected chi connectivity index (χ1v) is 4.02. The fraction of sp³-hybridized carbons (Fsp3) is 0.250. The molecular weight excluding hydrogens is 192 g/mol. The van der Waals surface area contributed by atoms with Crippen molar-refractivity contribution in [2.45, 2.75) is 6.54 Å². The fourth-order valence-electron chi connectivity index (χ4n) is 0.882. The van der Waals surface area contributed by atoms with Crippen molar-refractivity contribution in [3.8, 4) is 0 Å². The van der Waals surface area contributed by atoms with Crippen LogP contribution in [0.3, 0.4) is 0 Å². The first-order chi connectivity index (χ1) is 6.09. The molecule has 0 bridgehead atoms. The highest BCUT2D eigenvalue weighted by Gasteiger charge is 2.05. The summed E-state index contributed by atoms with van der Waals surface area (Å²) in [5.74, 6) is 0. The van der Waals surface area contributed by atoms with Gasteiger partial charge in [-0.05, 0) is 17.7 Å². The third-order valence-corrected chi connectivity index (χ3v) is 1.74. The van der Waals surface area contributed by atoms with Crippen LogP contribution in [0.25, 0.3) is 0 Å². The number of nitrogens with zero attached hydrogens (tertiary/aromatic N) is 2. The minimum Gasteiger partial charge on any atom is -0.465 e. The molecule has 0 spiro atoms. The van der Waals surface area contributed by atoms with Crippen molar-refractivity contribution in [1.29, 1.82) is 0 Å². The Kier molecular flexibility index (Phi) is 3.08. The number of halogens is 1. The van der Waals surface area contributed by atoms with Crippen LogP contribution >= 0.6 is 11.6 Å². The van der Waals surface area contributed by atoms with Crippen LogP contribution < -0.4 is 0 Å². The van der Waals surface area contributed by atoms with Crippen LogP contribution in [0.1, 0.15) is 5.56 Å². The van der Waals surface area contributed by atoms with E-state index in [0.717, 1.165) is 5.56 Å². The summed E-state index contributed by atoms with van der Waals surface area (Å²) in [6.45, 7) is 0.317. The van der Waals surface area contributed by atoms with E-state index in [-0.39, 0.29) is 0 Å². The van der Waals surface area contributed by atoms with Gasteiger partial charge in [-0.1, -0.05) is 11.6 Å². The van der Waals surface area contributed by atoms with Crippen LogP contribution in [0, 0.1) is 0 Å². The Morgan fingerprint density at radius 3 is 3.00 bits per heavy atom. The highest BCUT2D eigenvalue weighted by molar-refractivity contribution is 6.29. The molecule has 1 amide bonds. The van der Waals surface area contributed by atoms with Gasteiger partial charge >= 0.3 is 6.09 Å². The lowest BCUT2D eigenvalue weighted by molar-refractivity contribution is 0.153. The highest BCUT2D eigenvalue weighted by Crippen LogP contribution is 2.08. The maximum Gasteiger partial charge on any atom is 0.407 e. The molecule has 1 rings (SSSR count). The van der Waals surface area contributed by atoms with Gasteiger partial charge in [0.25, 0.3) is 0 Å². The molecule has 0 aromatic carbocycles. The summed E-state index contributed by atoms with van der Waals surface area (Å²) in [5.41, 5.74) is 0.824. The number of pyridine rings is 1. The average molecular weight is 201 g/mol. The van der Waals surface area contributed by atoms with Crippen molar-refractivity contribution >= 4 is 17.7 Å². The molecule has 0 aliphatic carbocycles. The number of hydrogen-bond donors (Lipinski definition) is 1. The van der Waals surface area contributed by atoms with E-state index in [2.05, 4.69) is 4.98 Å². The Morgan fingerprint density at radius 2 is 2.46 bits per heavy atom. The van der Waals surface area contributed by atoms with Crippen LogP contribution in [0.5, 0.6) is 0 Å². The van der Waals surface area contributed by atoms with E-state index in [4.69, 9.17) is 16.7 Å². The molecule has 5 heteroatoms. The molecule has 0 unspecified atom stereocenters. The third-order valence-electron chi connectivity index (χ3n) is 1.54. The molecule has 0 fully saturated rings. The summed E-state index contributed by atoms with van der Waals surface area (Å²) in [6.07, 6.45) is 0.584. The van der Waals surface area contributed by atoms with Crippen LogP contribution in [0.4, 0.5) is 4.79 Å². The van der Waals surface area contributed by atoms with Crippen molar-refractivity contribution in [2.24, 2.45) is 0 Å². The second-order valence-corrected chi connectivity index (χ2v) is 3.01. The van der Waals surface area contributed by atoms with Gasteiger partial charge in [0.2, 0.25) is 0 Å².